The zero-order valence-electron chi connectivity index (χ0n) is 14.4. The minimum absolute atomic E-state index is 0.114. The lowest BCUT2D eigenvalue weighted by Gasteiger charge is -2.10. The first kappa shape index (κ1) is 19.1. The molecule has 0 aliphatic heterocycles. The normalized spacial score (nSPS) is 10.9. The molecular weight excluding hydrogens is 382 g/mol. The standard InChI is InChI=1S/C19H15N3O5S/c23-19(14-5-2-1-3-6-14)20-15-7-4-8-16(13-15)21-28(26,27)18-11-9-17(10-12-18)22(24)25/h1-13,21H,(H,20,23). The van der Waals surface area contributed by atoms with Gasteiger partial charge in [-0.15, -0.1) is 0 Å². The predicted molar refractivity (Wildman–Crippen MR) is 105 cm³/mol. The van der Waals surface area contributed by atoms with Crippen molar-refractivity contribution < 1.29 is 18.1 Å². The molecule has 0 aliphatic rings. The number of nitrogens with one attached hydrogen (secondary N) is 2. The van der Waals surface area contributed by atoms with Crippen LogP contribution >= 0.6 is 0 Å². The maximum Gasteiger partial charge on any atom is 0.269 e. The molecule has 0 atom stereocenters. The van der Waals surface area contributed by atoms with E-state index in [0.717, 1.165) is 24.3 Å². The third kappa shape index (κ3) is 4.51. The Bertz CT molecular complexity index is 1110. The molecule has 0 unspecified atom stereocenters. The highest BCUT2D eigenvalue weighted by Crippen LogP contribution is 2.21. The molecule has 3 aromatic rings. The average molecular weight is 397 g/mol. The van der Waals surface area contributed by atoms with Gasteiger partial charge in [0, 0.05) is 23.4 Å². The molecule has 0 fully saturated rings. The van der Waals surface area contributed by atoms with Crippen LogP contribution in [0.2, 0.25) is 0 Å². The zero-order valence-corrected chi connectivity index (χ0v) is 15.2. The Labute approximate surface area is 161 Å². The summed E-state index contributed by atoms with van der Waals surface area (Å²) in [4.78, 5) is 22.2. The van der Waals surface area contributed by atoms with Crippen LogP contribution in [-0.2, 0) is 10.0 Å². The van der Waals surface area contributed by atoms with Crippen LogP contribution in [0, 0.1) is 10.1 Å². The molecule has 1 amide bonds. The molecule has 28 heavy (non-hydrogen) atoms. The van der Waals surface area contributed by atoms with Gasteiger partial charge in [-0.2, -0.15) is 0 Å². The average Bonchev–Trinajstić information content (AvgIpc) is 2.68. The second kappa shape index (κ2) is 7.89. The van der Waals surface area contributed by atoms with Crippen molar-refractivity contribution in [1.29, 1.82) is 0 Å². The summed E-state index contributed by atoms with van der Waals surface area (Å²) in [7, 11) is -3.94. The molecule has 3 aromatic carbocycles. The van der Waals surface area contributed by atoms with Crippen LogP contribution in [0.1, 0.15) is 10.4 Å². The van der Waals surface area contributed by atoms with Crippen LogP contribution < -0.4 is 10.0 Å². The summed E-state index contributed by atoms with van der Waals surface area (Å²) in [5, 5.41) is 13.4. The number of carbonyl (C=O) groups is 1. The number of benzene rings is 3. The third-order valence-corrected chi connectivity index (χ3v) is 5.16. The van der Waals surface area contributed by atoms with Crippen molar-refractivity contribution in [3.63, 3.8) is 0 Å². The molecule has 0 aliphatic carbocycles. The number of nitro groups is 1. The fourth-order valence-electron chi connectivity index (χ4n) is 2.41. The molecule has 142 valence electrons. The highest BCUT2D eigenvalue weighted by atomic mass is 32.2. The van der Waals surface area contributed by atoms with Gasteiger partial charge in [0.1, 0.15) is 0 Å². The molecule has 9 heteroatoms. The molecule has 0 aromatic heterocycles. The van der Waals surface area contributed by atoms with E-state index in [1.807, 2.05) is 0 Å². The Balaban J connectivity index is 1.76. The Morgan fingerprint density at radius 3 is 2.14 bits per heavy atom. The number of hydrogen-bond donors (Lipinski definition) is 2. The minimum atomic E-state index is -3.94. The number of carbonyl (C=O) groups excluding carboxylic acids is 1. The van der Waals surface area contributed by atoms with E-state index in [1.165, 1.54) is 12.1 Å². The highest BCUT2D eigenvalue weighted by molar-refractivity contribution is 7.92. The van der Waals surface area contributed by atoms with E-state index in [9.17, 15) is 23.3 Å². The Kier molecular flexibility index (Phi) is 5.37. The lowest BCUT2D eigenvalue weighted by molar-refractivity contribution is -0.384. The smallest absolute Gasteiger partial charge is 0.269 e. The molecule has 2 N–H and O–H groups in total. The number of sulfonamides is 1. The topological polar surface area (TPSA) is 118 Å². The van der Waals surface area contributed by atoms with Gasteiger partial charge in [-0.05, 0) is 42.5 Å². The van der Waals surface area contributed by atoms with Gasteiger partial charge in [0.25, 0.3) is 21.6 Å². The van der Waals surface area contributed by atoms with Gasteiger partial charge in [-0.3, -0.25) is 19.6 Å². The second-order valence-corrected chi connectivity index (χ2v) is 7.44. The van der Waals surface area contributed by atoms with Gasteiger partial charge >= 0.3 is 0 Å². The zero-order chi connectivity index (χ0) is 20.1. The van der Waals surface area contributed by atoms with Crippen LogP contribution in [0.3, 0.4) is 0 Å². The third-order valence-electron chi connectivity index (χ3n) is 3.77. The fraction of sp³-hybridized carbons (Fsp3) is 0. The van der Waals surface area contributed by atoms with Gasteiger partial charge in [-0.1, -0.05) is 24.3 Å². The summed E-state index contributed by atoms with van der Waals surface area (Å²) < 4.78 is 27.3. The van der Waals surface area contributed by atoms with Crippen LogP contribution in [0.25, 0.3) is 0 Å². The van der Waals surface area contributed by atoms with Gasteiger partial charge < -0.3 is 5.32 Å². The van der Waals surface area contributed by atoms with Crippen LogP contribution in [0.4, 0.5) is 17.1 Å². The molecule has 8 nitrogen and oxygen atoms in total. The van der Waals surface area contributed by atoms with Crippen molar-refractivity contribution in [1.82, 2.24) is 0 Å². The van der Waals surface area contributed by atoms with E-state index in [1.54, 1.807) is 42.5 Å². The van der Waals surface area contributed by atoms with Crippen LogP contribution in [-0.4, -0.2) is 19.2 Å². The lowest BCUT2D eigenvalue weighted by atomic mass is 10.2. The van der Waals surface area contributed by atoms with E-state index in [-0.39, 0.29) is 22.2 Å². The Morgan fingerprint density at radius 1 is 0.857 bits per heavy atom. The molecule has 3 rings (SSSR count). The van der Waals surface area contributed by atoms with Gasteiger partial charge in [0.05, 0.1) is 15.5 Å². The molecule has 0 heterocycles. The van der Waals surface area contributed by atoms with Gasteiger partial charge in [0.15, 0.2) is 0 Å². The minimum Gasteiger partial charge on any atom is -0.322 e. The van der Waals surface area contributed by atoms with Crippen LogP contribution in [0.15, 0.2) is 83.8 Å². The van der Waals surface area contributed by atoms with E-state index in [4.69, 9.17) is 0 Å². The maximum absolute atomic E-state index is 12.5. The van der Waals surface area contributed by atoms with Gasteiger partial charge in [0.2, 0.25) is 0 Å². The summed E-state index contributed by atoms with van der Waals surface area (Å²) in [5.74, 6) is -0.323. The van der Waals surface area contributed by atoms with E-state index in [0.29, 0.717) is 11.3 Å². The molecule has 0 radical (unpaired) electrons. The second-order valence-electron chi connectivity index (χ2n) is 5.76. The SMILES string of the molecule is O=C(Nc1cccc(NS(=O)(=O)c2ccc([N+](=O)[O-])cc2)c1)c1ccccc1. The first-order valence-corrected chi connectivity index (χ1v) is 9.57. The van der Waals surface area contributed by atoms with Crippen molar-refractivity contribution in [2.75, 3.05) is 10.0 Å². The molecule has 0 saturated heterocycles. The molecule has 0 bridgehead atoms. The monoisotopic (exact) mass is 397 g/mol. The summed E-state index contributed by atoms with van der Waals surface area (Å²) in [6.07, 6.45) is 0. The maximum atomic E-state index is 12.5. The molecule has 0 spiro atoms. The summed E-state index contributed by atoms with van der Waals surface area (Å²) in [6, 6.07) is 19.4. The molecular formula is C19H15N3O5S. The number of nitrogens with zero attached hydrogens (tertiary/aromatic N) is 1. The fourth-order valence-corrected chi connectivity index (χ4v) is 3.46. The molecule has 0 saturated carbocycles. The Hall–Kier alpha value is -3.72. The van der Waals surface area contributed by atoms with E-state index >= 15 is 0 Å². The first-order chi connectivity index (χ1) is 13.3. The number of non-ortho nitro benzene ring substituents is 1. The number of nitro benzene ring substituents is 1. The van der Waals surface area contributed by atoms with E-state index < -0.39 is 14.9 Å². The van der Waals surface area contributed by atoms with Crippen molar-refractivity contribution in [2.45, 2.75) is 4.90 Å². The first-order valence-electron chi connectivity index (χ1n) is 8.09. The van der Waals surface area contributed by atoms with Crippen molar-refractivity contribution >= 4 is 33.0 Å². The van der Waals surface area contributed by atoms with Gasteiger partial charge in [-0.25, -0.2) is 8.42 Å². The van der Waals surface area contributed by atoms with Crippen molar-refractivity contribution in [2.24, 2.45) is 0 Å². The predicted octanol–water partition coefficient (Wildman–Crippen LogP) is 3.65. The number of rotatable bonds is 6. The largest absolute Gasteiger partial charge is 0.322 e. The number of hydrogen-bond acceptors (Lipinski definition) is 5. The van der Waals surface area contributed by atoms with Crippen molar-refractivity contribution in [3.05, 3.63) is 94.5 Å². The lowest BCUT2D eigenvalue weighted by Crippen LogP contribution is -2.14. The number of amides is 1. The summed E-state index contributed by atoms with van der Waals surface area (Å²) in [5.41, 5.74) is 0.922. The Morgan fingerprint density at radius 2 is 1.50 bits per heavy atom. The van der Waals surface area contributed by atoms with Crippen LogP contribution in [0.5, 0.6) is 0 Å². The number of anilines is 2. The quantitative estimate of drug-likeness (QED) is 0.486. The highest BCUT2D eigenvalue weighted by Gasteiger charge is 2.16. The summed E-state index contributed by atoms with van der Waals surface area (Å²) in [6.45, 7) is 0. The summed E-state index contributed by atoms with van der Waals surface area (Å²) >= 11 is 0. The van der Waals surface area contributed by atoms with Crippen molar-refractivity contribution in [3.8, 4) is 0 Å². The van der Waals surface area contributed by atoms with E-state index in [2.05, 4.69) is 10.0 Å².